The van der Waals surface area contributed by atoms with E-state index in [1.165, 1.54) is 5.56 Å². The molecule has 0 fully saturated rings. The van der Waals surface area contributed by atoms with Crippen molar-refractivity contribution in [1.82, 2.24) is 0 Å². The van der Waals surface area contributed by atoms with E-state index in [1.807, 2.05) is 18.2 Å². The highest BCUT2D eigenvalue weighted by Gasteiger charge is 2.14. The molecule has 0 aliphatic carbocycles. The summed E-state index contributed by atoms with van der Waals surface area (Å²) in [5.41, 5.74) is 2.33. The van der Waals surface area contributed by atoms with Crippen LogP contribution in [0.4, 0.5) is 0 Å². The van der Waals surface area contributed by atoms with Gasteiger partial charge in [0.15, 0.2) is 0 Å². The van der Waals surface area contributed by atoms with E-state index in [-0.39, 0.29) is 6.61 Å². The molecule has 1 N–H and O–H groups in total. The lowest BCUT2D eigenvalue weighted by Gasteiger charge is -2.17. The normalized spacial score (nSPS) is 12.9. The highest BCUT2D eigenvalue weighted by Crippen LogP contribution is 2.18. The topological polar surface area (TPSA) is 20.2 Å². The largest absolute Gasteiger partial charge is 0.392 e. The first-order valence-corrected chi connectivity index (χ1v) is 9.07. The molecule has 1 aromatic rings. The van der Waals surface area contributed by atoms with E-state index in [1.54, 1.807) is 0 Å². The molecule has 1 aromatic carbocycles. The second-order valence-electron chi connectivity index (χ2n) is 5.11. The van der Waals surface area contributed by atoms with E-state index in [0.29, 0.717) is 0 Å². The SMILES string of the molecule is C[Si](C)(C)C/C(=C/c1ccccc1)CO. The van der Waals surface area contributed by atoms with E-state index < -0.39 is 8.07 Å². The van der Waals surface area contributed by atoms with Crippen LogP contribution < -0.4 is 0 Å². The third-order valence-corrected chi connectivity index (χ3v) is 3.65. The second kappa shape index (κ2) is 5.28. The van der Waals surface area contributed by atoms with Crippen molar-refractivity contribution in [3.05, 3.63) is 41.5 Å². The van der Waals surface area contributed by atoms with Gasteiger partial charge in [0.2, 0.25) is 0 Å². The summed E-state index contributed by atoms with van der Waals surface area (Å²) in [6, 6.07) is 11.3. The Kier molecular flexibility index (Phi) is 4.30. The Bertz CT molecular complexity index is 322. The van der Waals surface area contributed by atoms with Crippen LogP contribution in [0.2, 0.25) is 25.7 Å². The van der Waals surface area contributed by atoms with Crippen LogP contribution in [0.3, 0.4) is 0 Å². The Hall–Kier alpha value is -0.863. The van der Waals surface area contributed by atoms with E-state index >= 15 is 0 Å². The highest BCUT2D eigenvalue weighted by atomic mass is 28.3. The van der Waals surface area contributed by atoms with Crippen LogP contribution in [0.5, 0.6) is 0 Å². The molecular formula is C13H20OSi. The maximum Gasteiger partial charge on any atom is 0.0642 e. The first-order chi connectivity index (χ1) is 7.01. The van der Waals surface area contributed by atoms with Crippen LogP contribution in [0.1, 0.15) is 5.56 Å². The Labute approximate surface area is 93.5 Å². The summed E-state index contributed by atoms with van der Waals surface area (Å²) in [5, 5.41) is 9.30. The average molecular weight is 220 g/mol. The van der Waals surface area contributed by atoms with Gasteiger partial charge in [-0.3, -0.25) is 0 Å². The molecule has 0 bridgehead atoms. The zero-order chi connectivity index (χ0) is 11.3. The van der Waals surface area contributed by atoms with Crippen LogP contribution in [0, 0.1) is 0 Å². The van der Waals surface area contributed by atoms with Gasteiger partial charge in [-0.25, -0.2) is 0 Å². The molecule has 15 heavy (non-hydrogen) atoms. The Morgan fingerprint density at radius 1 is 1.20 bits per heavy atom. The molecule has 0 saturated carbocycles. The Morgan fingerprint density at radius 3 is 2.27 bits per heavy atom. The van der Waals surface area contributed by atoms with Crippen molar-refractivity contribution in [2.75, 3.05) is 6.61 Å². The molecule has 2 heteroatoms. The summed E-state index contributed by atoms with van der Waals surface area (Å²) in [5.74, 6) is 0. The zero-order valence-corrected chi connectivity index (χ0v) is 10.8. The lowest BCUT2D eigenvalue weighted by Crippen LogP contribution is -2.20. The van der Waals surface area contributed by atoms with E-state index in [4.69, 9.17) is 0 Å². The first-order valence-electron chi connectivity index (χ1n) is 5.36. The summed E-state index contributed by atoms with van der Waals surface area (Å²) in [6.07, 6.45) is 2.11. The molecule has 82 valence electrons. The van der Waals surface area contributed by atoms with Crippen LogP contribution in [0.25, 0.3) is 6.08 Å². The van der Waals surface area contributed by atoms with Crippen molar-refractivity contribution in [2.24, 2.45) is 0 Å². The molecule has 0 aliphatic heterocycles. The fourth-order valence-corrected chi connectivity index (χ4v) is 3.19. The van der Waals surface area contributed by atoms with Gasteiger partial charge in [-0.1, -0.05) is 56.0 Å². The molecule has 0 saturated heterocycles. The third-order valence-electron chi connectivity index (χ3n) is 2.13. The van der Waals surface area contributed by atoms with Gasteiger partial charge in [-0.2, -0.15) is 0 Å². The molecular weight excluding hydrogens is 200 g/mol. The van der Waals surface area contributed by atoms with Crippen molar-refractivity contribution in [1.29, 1.82) is 0 Å². The van der Waals surface area contributed by atoms with Crippen LogP contribution in [-0.2, 0) is 0 Å². The average Bonchev–Trinajstić information content (AvgIpc) is 2.16. The number of rotatable bonds is 4. The number of aliphatic hydroxyl groups is 1. The Morgan fingerprint density at radius 2 is 1.80 bits per heavy atom. The lowest BCUT2D eigenvalue weighted by molar-refractivity contribution is 0.332. The lowest BCUT2D eigenvalue weighted by atomic mass is 10.1. The third kappa shape index (κ3) is 4.95. The molecule has 0 atom stereocenters. The smallest absolute Gasteiger partial charge is 0.0642 e. The monoisotopic (exact) mass is 220 g/mol. The first kappa shape index (κ1) is 12.2. The van der Waals surface area contributed by atoms with Gasteiger partial charge in [0.05, 0.1) is 6.61 Å². The summed E-state index contributed by atoms with van der Waals surface area (Å²) in [6.45, 7) is 7.14. The molecule has 0 spiro atoms. The predicted molar refractivity (Wildman–Crippen MR) is 69.7 cm³/mol. The van der Waals surface area contributed by atoms with Gasteiger partial charge < -0.3 is 5.11 Å². The molecule has 0 amide bonds. The summed E-state index contributed by atoms with van der Waals surface area (Å²) >= 11 is 0. The van der Waals surface area contributed by atoms with Crippen molar-refractivity contribution in [2.45, 2.75) is 25.7 Å². The summed E-state index contributed by atoms with van der Waals surface area (Å²) < 4.78 is 0. The van der Waals surface area contributed by atoms with Gasteiger partial charge in [0, 0.05) is 8.07 Å². The van der Waals surface area contributed by atoms with Crippen molar-refractivity contribution >= 4 is 14.1 Å². The van der Waals surface area contributed by atoms with Crippen molar-refractivity contribution in [3.63, 3.8) is 0 Å². The molecule has 1 rings (SSSR count). The number of hydrogen-bond donors (Lipinski definition) is 1. The van der Waals surface area contributed by atoms with Gasteiger partial charge in [-0.05, 0) is 17.2 Å². The molecule has 0 heterocycles. The summed E-state index contributed by atoms with van der Waals surface area (Å²) in [4.78, 5) is 0. The van der Waals surface area contributed by atoms with Gasteiger partial charge in [0.1, 0.15) is 0 Å². The summed E-state index contributed by atoms with van der Waals surface area (Å²) in [7, 11) is -1.12. The van der Waals surface area contributed by atoms with E-state index in [0.717, 1.165) is 11.6 Å². The van der Waals surface area contributed by atoms with Crippen LogP contribution in [-0.4, -0.2) is 19.8 Å². The number of benzene rings is 1. The van der Waals surface area contributed by atoms with Gasteiger partial charge >= 0.3 is 0 Å². The van der Waals surface area contributed by atoms with E-state index in [2.05, 4.69) is 37.8 Å². The number of aliphatic hydroxyl groups excluding tert-OH is 1. The predicted octanol–water partition coefficient (Wildman–Crippen LogP) is 3.40. The molecule has 0 unspecified atom stereocenters. The quantitative estimate of drug-likeness (QED) is 0.771. The molecule has 0 radical (unpaired) electrons. The maximum atomic E-state index is 9.30. The van der Waals surface area contributed by atoms with Gasteiger partial charge in [-0.15, -0.1) is 0 Å². The molecule has 0 aliphatic rings. The zero-order valence-electron chi connectivity index (χ0n) is 9.83. The second-order valence-corrected chi connectivity index (χ2v) is 10.6. The fourth-order valence-electron chi connectivity index (χ4n) is 1.62. The molecule has 1 nitrogen and oxygen atoms in total. The van der Waals surface area contributed by atoms with Gasteiger partial charge in [0.25, 0.3) is 0 Å². The minimum absolute atomic E-state index is 0.180. The van der Waals surface area contributed by atoms with Crippen LogP contribution in [0.15, 0.2) is 35.9 Å². The standard InChI is InChI=1S/C13H20OSi/c1-15(2,3)11-13(10-14)9-12-7-5-4-6-8-12/h4-9,14H,10-11H2,1-3H3/b13-9+. The van der Waals surface area contributed by atoms with Crippen LogP contribution >= 0.6 is 0 Å². The fraction of sp³-hybridized carbons (Fsp3) is 0.385. The maximum absolute atomic E-state index is 9.30. The minimum atomic E-state index is -1.12. The Balaban J connectivity index is 2.79. The van der Waals surface area contributed by atoms with Crippen molar-refractivity contribution < 1.29 is 5.11 Å². The highest BCUT2D eigenvalue weighted by molar-refractivity contribution is 6.76. The van der Waals surface area contributed by atoms with E-state index in [9.17, 15) is 5.11 Å². The molecule has 0 aromatic heterocycles. The number of hydrogen-bond acceptors (Lipinski definition) is 1. The minimum Gasteiger partial charge on any atom is -0.392 e. The van der Waals surface area contributed by atoms with Crippen molar-refractivity contribution in [3.8, 4) is 0 Å².